The van der Waals surface area contributed by atoms with Crippen molar-refractivity contribution in [1.29, 1.82) is 0 Å². The standard InChI is InChI=1S/C17H27ClN2O3.2ClH/c1-3-22-16-12-14(11-15(18)17(16)23-4-2)13-19-5-6-20-7-9-21-10-8-20;;/h11-12,19H,3-10,13H2,1-2H3;2*1H/p-2. The normalized spacial score (nSPS) is 14.4. The molecule has 0 amide bonds. The van der Waals surface area contributed by atoms with Gasteiger partial charge in [0, 0.05) is 32.7 Å². The lowest BCUT2D eigenvalue weighted by Crippen LogP contribution is -3.00. The van der Waals surface area contributed by atoms with E-state index in [0.29, 0.717) is 29.7 Å². The van der Waals surface area contributed by atoms with Crippen LogP contribution in [0.1, 0.15) is 19.4 Å². The lowest BCUT2D eigenvalue weighted by molar-refractivity contribution is -0.00100. The minimum atomic E-state index is 0. The van der Waals surface area contributed by atoms with Crippen molar-refractivity contribution in [2.75, 3.05) is 52.6 Å². The summed E-state index contributed by atoms with van der Waals surface area (Å²) in [7, 11) is 0. The molecule has 1 fully saturated rings. The molecule has 146 valence electrons. The van der Waals surface area contributed by atoms with Crippen molar-refractivity contribution < 1.29 is 39.0 Å². The largest absolute Gasteiger partial charge is 1.00 e. The lowest BCUT2D eigenvalue weighted by Gasteiger charge is -2.26. The second kappa shape index (κ2) is 13.7. The molecule has 1 saturated heterocycles. The van der Waals surface area contributed by atoms with E-state index in [0.717, 1.165) is 51.5 Å². The number of morpholine rings is 1. The van der Waals surface area contributed by atoms with Gasteiger partial charge in [0.1, 0.15) is 0 Å². The quantitative estimate of drug-likeness (QED) is 0.427. The number of hydrogen-bond donors (Lipinski definition) is 1. The third-order valence-electron chi connectivity index (χ3n) is 3.70. The minimum Gasteiger partial charge on any atom is -1.00 e. The number of hydrogen-bond acceptors (Lipinski definition) is 5. The van der Waals surface area contributed by atoms with Gasteiger partial charge >= 0.3 is 0 Å². The van der Waals surface area contributed by atoms with E-state index in [9.17, 15) is 0 Å². The number of nitrogens with one attached hydrogen (secondary N) is 1. The summed E-state index contributed by atoms with van der Waals surface area (Å²) < 4.78 is 16.6. The van der Waals surface area contributed by atoms with Crippen LogP contribution in [-0.4, -0.2) is 57.5 Å². The van der Waals surface area contributed by atoms with E-state index in [4.69, 9.17) is 25.8 Å². The molecule has 25 heavy (non-hydrogen) atoms. The zero-order valence-corrected chi connectivity index (χ0v) is 17.1. The summed E-state index contributed by atoms with van der Waals surface area (Å²) in [6.45, 7) is 11.5. The van der Waals surface area contributed by atoms with Crippen molar-refractivity contribution in [3.05, 3.63) is 22.7 Å². The molecule has 0 radical (unpaired) electrons. The fourth-order valence-corrected chi connectivity index (χ4v) is 2.85. The molecule has 8 heteroatoms. The van der Waals surface area contributed by atoms with E-state index in [1.165, 1.54) is 0 Å². The van der Waals surface area contributed by atoms with E-state index in [-0.39, 0.29) is 24.8 Å². The van der Waals surface area contributed by atoms with Crippen LogP contribution >= 0.6 is 11.6 Å². The summed E-state index contributed by atoms with van der Waals surface area (Å²) in [5.41, 5.74) is 1.10. The van der Waals surface area contributed by atoms with Crippen molar-refractivity contribution in [2.24, 2.45) is 0 Å². The average Bonchev–Trinajstić information content (AvgIpc) is 2.56. The highest BCUT2D eigenvalue weighted by molar-refractivity contribution is 6.32. The molecule has 1 aromatic rings. The predicted molar refractivity (Wildman–Crippen MR) is 92.8 cm³/mol. The van der Waals surface area contributed by atoms with Gasteiger partial charge in [-0.25, -0.2) is 0 Å². The van der Waals surface area contributed by atoms with Crippen molar-refractivity contribution in [3.8, 4) is 11.5 Å². The Labute approximate surface area is 168 Å². The maximum atomic E-state index is 6.33. The molecule has 0 spiro atoms. The molecule has 5 nitrogen and oxygen atoms in total. The zero-order valence-electron chi connectivity index (χ0n) is 14.8. The number of nitrogens with zero attached hydrogens (tertiary/aromatic N) is 1. The summed E-state index contributed by atoms with van der Waals surface area (Å²) in [6, 6.07) is 3.94. The Morgan fingerprint density at radius 3 is 2.44 bits per heavy atom. The van der Waals surface area contributed by atoms with Gasteiger partial charge in [0.2, 0.25) is 0 Å². The first-order valence-corrected chi connectivity index (χ1v) is 8.71. The molecule has 0 bridgehead atoms. The molecule has 1 aliphatic heterocycles. The number of halogens is 3. The van der Waals surface area contributed by atoms with Gasteiger partial charge < -0.3 is 44.3 Å². The summed E-state index contributed by atoms with van der Waals surface area (Å²) in [5, 5.41) is 4.06. The van der Waals surface area contributed by atoms with Crippen LogP contribution in [0.5, 0.6) is 11.5 Å². The highest BCUT2D eigenvalue weighted by Gasteiger charge is 2.13. The van der Waals surface area contributed by atoms with Gasteiger partial charge in [-0.15, -0.1) is 0 Å². The number of ether oxygens (including phenoxy) is 3. The Hall–Kier alpha value is -0.430. The van der Waals surface area contributed by atoms with E-state index >= 15 is 0 Å². The SMILES string of the molecule is CCOc1cc(CNCCN2CCOCC2)cc(Cl)c1OCC.[Cl-].[Cl-]. The first-order chi connectivity index (χ1) is 11.2. The second-order valence-electron chi connectivity index (χ2n) is 5.40. The third-order valence-corrected chi connectivity index (χ3v) is 3.98. The monoisotopic (exact) mass is 412 g/mol. The fourth-order valence-electron chi connectivity index (χ4n) is 2.57. The lowest BCUT2D eigenvalue weighted by atomic mass is 10.2. The topological polar surface area (TPSA) is 43.0 Å². The summed E-state index contributed by atoms with van der Waals surface area (Å²) in [4.78, 5) is 2.41. The van der Waals surface area contributed by atoms with E-state index in [1.54, 1.807) is 0 Å². The number of benzene rings is 1. The first-order valence-electron chi connectivity index (χ1n) is 8.33. The maximum Gasteiger partial charge on any atom is 0.179 e. The Kier molecular flexibility index (Phi) is 13.5. The Morgan fingerprint density at radius 1 is 1.12 bits per heavy atom. The van der Waals surface area contributed by atoms with Gasteiger partial charge in [-0.1, -0.05) is 11.6 Å². The van der Waals surface area contributed by atoms with E-state index in [1.807, 2.05) is 26.0 Å². The van der Waals surface area contributed by atoms with Gasteiger partial charge in [-0.2, -0.15) is 0 Å². The average molecular weight is 414 g/mol. The molecule has 1 aromatic carbocycles. The summed E-state index contributed by atoms with van der Waals surface area (Å²) in [5.74, 6) is 1.35. The molecule has 0 atom stereocenters. The van der Waals surface area contributed by atoms with Crippen LogP contribution in [0.15, 0.2) is 12.1 Å². The molecule has 1 heterocycles. The number of rotatable bonds is 9. The molecule has 2 rings (SSSR count). The van der Waals surface area contributed by atoms with Gasteiger partial charge in [0.05, 0.1) is 31.5 Å². The van der Waals surface area contributed by atoms with Crippen molar-refractivity contribution in [3.63, 3.8) is 0 Å². The highest BCUT2D eigenvalue weighted by Crippen LogP contribution is 2.36. The van der Waals surface area contributed by atoms with Gasteiger partial charge in [0.25, 0.3) is 0 Å². The predicted octanol–water partition coefficient (Wildman–Crippen LogP) is -3.43. The van der Waals surface area contributed by atoms with Crippen LogP contribution in [0, 0.1) is 0 Å². The van der Waals surface area contributed by atoms with Gasteiger partial charge in [-0.05, 0) is 31.5 Å². The van der Waals surface area contributed by atoms with Crippen LogP contribution < -0.4 is 39.6 Å². The van der Waals surface area contributed by atoms with Crippen LogP contribution in [0.4, 0.5) is 0 Å². The van der Waals surface area contributed by atoms with Gasteiger partial charge in [-0.3, -0.25) is 4.90 Å². The molecule has 1 aliphatic rings. The van der Waals surface area contributed by atoms with Gasteiger partial charge in [0.15, 0.2) is 11.5 Å². The molecule has 0 aliphatic carbocycles. The molecular formula is C17H27Cl3N2O3-2. The third kappa shape index (κ3) is 8.20. The fraction of sp³-hybridized carbons (Fsp3) is 0.647. The summed E-state index contributed by atoms with van der Waals surface area (Å²) >= 11 is 6.33. The zero-order chi connectivity index (χ0) is 16.5. The molecular weight excluding hydrogens is 387 g/mol. The minimum absolute atomic E-state index is 0. The van der Waals surface area contributed by atoms with E-state index < -0.39 is 0 Å². The Morgan fingerprint density at radius 2 is 1.80 bits per heavy atom. The van der Waals surface area contributed by atoms with Crippen LogP contribution in [0.2, 0.25) is 5.02 Å². The molecule has 0 saturated carbocycles. The Balaban J connectivity index is 0.00000288. The van der Waals surface area contributed by atoms with E-state index in [2.05, 4.69) is 10.2 Å². The van der Waals surface area contributed by atoms with Crippen molar-refractivity contribution >= 4 is 11.6 Å². The first kappa shape index (κ1) is 24.6. The van der Waals surface area contributed by atoms with Crippen molar-refractivity contribution in [2.45, 2.75) is 20.4 Å². The molecule has 0 aromatic heterocycles. The van der Waals surface area contributed by atoms with Crippen LogP contribution in [0.3, 0.4) is 0 Å². The molecule has 0 unspecified atom stereocenters. The molecule has 1 N–H and O–H groups in total. The maximum absolute atomic E-state index is 6.33. The smallest absolute Gasteiger partial charge is 0.179 e. The van der Waals surface area contributed by atoms with Crippen LogP contribution in [0.25, 0.3) is 0 Å². The Bertz CT molecular complexity index is 486. The van der Waals surface area contributed by atoms with Crippen molar-refractivity contribution in [1.82, 2.24) is 10.2 Å². The summed E-state index contributed by atoms with van der Waals surface area (Å²) in [6.07, 6.45) is 0. The highest BCUT2D eigenvalue weighted by atomic mass is 35.5. The van der Waals surface area contributed by atoms with Crippen LogP contribution in [-0.2, 0) is 11.3 Å². The second-order valence-corrected chi connectivity index (χ2v) is 5.81.